The van der Waals surface area contributed by atoms with Crippen molar-refractivity contribution in [1.29, 1.82) is 0 Å². The Labute approximate surface area is 151 Å². The molecule has 4 aliphatic carbocycles. The van der Waals surface area contributed by atoms with Crippen molar-refractivity contribution in [2.45, 2.75) is 70.8 Å². The number of amides is 1. The first-order chi connectivity index (χ1) is 11.9. The van der Waals surface area contributed by atoms with E-state index < -0.39 is 0 Å². The summed E-state index contributed by atoms with van der Waals surface area (Å²) < 4.78 is 5.52. The number of ether oxygens (including phenoxy) is 1. The summed E-state index contributed by atoms with van der Waals surface area (Å²) in [5.41, 5.74) is 3.00. The van der Waals surface area contributed by atoms with Gasteiger partial charge in [0, 0.05) is 11.1 Å². The standard InChI is InChI=1S/C22H31NO2/c1-13(2)18-9-19(14(3)5-20(18)25-4)21(24)23-22-10-15-6-16(11-22)8-17(7-15)12-22/h5,9,13,15-17H,6-8,10-12H2,1-4H3,(H,23,24). The third-order valence-corrected chi connectivity index (χ3v) is 6.86. The van der Waals surface area contributed by atoms with Gasteiger partial charge in [0.05, 0.1) is 7.11 Å². The normalized spacial score (nSPS) is 32.9. The first-order valence-corrected chi connectivity index (χ1v) is 9.90. The Balaban J connectivity index is 1.60. The van der Waals surface area contributed by atoms with E-state index in [-0.39, 0.29) is 11.4 Å². The van der Waals surface area contributed by atoms with Crippen LogP contribution in [0.2, 0.25) is 0 Å². The van der Waals surface area contributed by atoms with Crippen LogP contribution in [0.1, 0.15) is 79.8 Å². The zero-order valence-corrected chi connectivity index (χ0v) is 16.0. The third-order valence-electron chi connectivity index (χ3n) is 6.86. The van der Waals surface area contributed by atoms with Crippen LogP contribution in [0.3, 0.4) is 0 Å². The van der Waals surface area contributed by atoms with Gasteiger partial charge in [-0.2, -0.15) is 0 Å². The fraction of sp³-hybridized carbons (Fsp3) is 0.682. The molecule has 4 fully saturated rings. The van der Waals surface area contributed by atoms with E-state index in [1.165, 1.54) is 38.5 Å². The van der Waals surface area contributed by atoms with Crippen LogP contribution in [0.15, 0.2) is 12.1 Å². The summed E-state index contributed by atoms with van der Waals surface area (Å²) in [6.45, 7) is 6.31. The van der Waals surface area contributed by atoms with Crippen LogP contribution in [0.4, 0.5) is 0 Å². The molecule has 1 amide bonds. The summed E-state index contributed by atoms with van der Waals surface area (Å²) in [6, 6.07) is 4.07. The number of hydrogen-bond acceptors (Lipinski definition) is 2. The molecule has 1 aromatic carbocycles. The van der Waals surface area contributed by atoms with E-state index >= 15 is 0 Å². The topological polar surface area (TPSA) is 38.3 Å². The number of carbonyl (C=O) groups excluding carboxylic acids is 1. The molecule has 1 N–H and O–H groups in total. The van der Waals surface area contributed by atoms with Crippen LogP contribution in [0, 0.1) is 24.7 Å². The molecule has 0 aromatic heterocycles. The van der Waals surface area contributed by atoms with Crippen molar-refractivity contribution in [3.63, 3.8) is 0 Å². The van der Waals surface area contributed by atoms with Crippen molar-refractivity contribution in [1.82, 2.24) is 5.32 Å². The molecule has 1 aromatic rings. The van der Waals surface area contributed by atoms with Crippen LogP contribution in [-0.2, 0) is 0 Å². The quantitative estimate of drug-likeness (QED) is 0.852. The summed E-state index contributed by atoms with van der Waals surface area (Å²) in [5.74, 6) is 3.86. The molecular weight excluding hydrogens is 310 g/mol. The van der Waals surface area contributed by atoms with Crippen LogP contribution in [-0.4, -0.2) is 18.6 Å². The Morgan fingerprint density at radius 3 is 2.16 bits per heavy atom. The lowest BCUT2D eigenvalue weighted by Crippen LogP contribution is -2.59. The molecule has 4 bridgehead atoms. The monoisotopic (exact) mass is 341 g/mol. The van der Waals surface area contributed by atoms with E-state index in [2.05, 4.69) is 25.2 Å². The highest BCUT2D eigenvalue weighted by molar-refractivity contribution is 5.96. The first-order valence-electron chi connectivity index (χ1n) is 9.90. The Morgan fingerprint density at radius 2 is 1.68 bits per heavy atom. The molecule has 4 saturated carbocycles. The molecule has 0 saturated heterocycles. The van der Waals surface area contributed by atoms with Gasteiger partial charge in [-0.3, -0.25) is 4.79 Å². The number of methoxy groups -OCH3 is 1. The van der Waals surface area contributed by atoms with E-state index in [0.717, 1.165) is 40.2 Å². The van der Waals surface area contributed by atoms with Crippen molar-refractivity contribution in [2.24, 2.45) is 17.8 Å². The Morgan fingerprint density at radius 1 is 1.12 bits per heavy atom. The Bertz CT molecular complexity index is 656. The van der Waals surface area contributed by atoms with Gasteiger partial charge in [0.15, 0.2) is 0 Å². The van der Waals surface area contributed by atoms with E-state index in [1.807, 2.05) is 13.0 Å². The maximum absolute atomic E-state index is 13.2. The lowest BCUT2D eigenvalue weighted by atomic mass is 9.53. The zero-order chi connectivity index (χ0) is 17.8. The van der Waals surface area contributed by atoms with Crippen molar-refractivity contribution in [2.75, 3.05) is 7.11 Å². The van der Waals surface area contributed by atoms with Crippen LogP contribution in [0.5, 0.6) is 5.75 Å². The van der Waals surface area contributed by atoms with E-state index in [0.29, 0.717) is 5.92 Å². The van der Waals surface area contributed by atoms with Gasteiger partial charge in [-0.05, 0) is 92.4 Å². The van der Waals surface area contributed by atoms with Gasteiger partial charge in [-0.15, -0.1) is 0 Å². The molecule has 3 heteroatoms. The SMILES string of the molecule is COc1cc(C)c(C(=O)NC23CC4CC(CC(C4)C2)C3)cc1C(C)C. The highest BCUT2D eigenvalue weighted by Gasteiger charge is 2.51. The zero-order valence-electron chi connectivity index (χ0n) is 16.0. The Kier molecular flexibility index (Phi) is 4.09. The molecular formula is C22H31NO2. The predicted octanol–water partition coefficient (Wildman–Crippen LogP) is 4.83. The highest BCUT2D eigenvalue weighted by Crippen LogP contribution is 2.55. The molecule has 0 heterocycles. The van der Waals surface area contributed by atoms with Crippen molar-refractivity contribution >= 4 is 5.91 Å². The van der Waals surface area contributed by atoms with Crippen molar-refractivity contribution in [3.8, 4) is 5.75 Å². The summed E-state index contributed by atoms with van der Waals surface area (Å²) in [5, 5.41) is 3.51. The van der Waals surface area contributed by atoms with Crippen LogP contribution >= 0.6 is 0 Å². The molecule has 5 rings (SSSR count). The molecule has 0 radical (unpaired) electrons. The molecule has 0 aliphatic heterocycles. The Hall–Kier alpha value is -1.51. The number of hydrogen-bond donors (Lipinski definition) is 1. The second-order valence-corrected chi connectivity index (χ2v) is 9.22. The molecule has 0 unspecified atom stereocenters. The smallest absolute Gasteiger partial charge is 0.251 e. The molecule has 136 valence electrons. The van der Waals surface area contributed by atoms with Gasteiger partial charge >= 0.3 is 0 Å². The van der Waals surface area contributed by atoms with Crippen LogP contribution < -0.4 is 10.1 Å². The van der Waals surface area contributed by atoms with Gasteiger partial charge in [-0.25, -0.2) is 0 Å². The molecule has 25 heavy (non-hydrogen) atoms. The average molecular weight is 341 g/mol. The molecule has 0 spiro atoms. The molecule has 4 aliphatic rings. The van der Waals surface area contributed by atoms with E-state index in [4.69, 9.17) is 4.74 Å². The maximum atomic E-state index is 13.2. The number of rotatable bonds is 4. The van der Waals surface area contributed by atoms with Gasteiger partial charge in [0.25, 0.3) is 5.91 Å². The number of benzene rings is 1. The average Bonchev–Trinajstić information content (AvgIpc) is 2.52. The van der Waals surface area contributed by atoms with Gasteiger partial charge in [0.1, 0.15) is 5.75 Å². The second kappa shape index (κ2) is 6.03. The fourth-order valence-electron chi connectivity index (χ4n) is 6.14. The summed E-state index contributed by atoms with van der Waals surface area (Å²) in [7, 11) is 1.70. The number of aryl methyl sites for hydroxylation is 1. The predicted molar refractivity (Wildman–Crippen MR) is 100 cm³/mol. The van der Waals surface area contributed by atoms with E-state index in [9.17, 15) is 4.79 Å². The van der Waals surface area contributed by atoms with Crippen molar-refractivity contribution < 1.29 is 9.53 Å². The van der Waals surface area contributed by atoms with Gasteiger partial charge in [-0.1, -0.05) is 13.8 Å². The third kappa shape index (κ3) is 2.96. The largest absolute Gasteiger partial charge is 0.496 e. The fourth-order valence-corrected chi connectivity index (χ4v) is 6.14. The summed E-state index contributed by atoms with van der Waals surface area (Å²) in [6.07, 6.45) is 7.77. The highest BCUT2D eigenvalue weighted by atomic mass is 16.5. The molecule has 3 nitrogen and oxygen atoms in total. The summed E-state index contributed by atoms with van der Waals surface area (Å²) >= 11 is 0. The first kappa shape index (κ1) is 16.9. The van der Waals surface area contributed by atoms with Crippen LogP contribution in [0.25, 0.3) is 0 Å². The van der Waals surface area contributed by atoms with Gasteiger partial charge in [0.2, 0.25) is 0 Å². The molecule has 0 atom stereocenters. The second-order valence-electron chi connectivity index (χ2n) is 9.22. The minimum absolute atomic E-state index is 0.0657. The number of carbonyl (C=O) groups is 1. The lowest BCUT2D eigenvalue weighted by Gasteiger charge is -2.56. The van der Waals surface area contributed by atoms with Crippen molar-refractivity contribution in [3.05, 3.63) is 28.8 Å². The van der Waals surface area contributed by atoms with E-state index in [1.54, 1.807) is 7.11 Å². The summed E-state index contributed by atoms with van der Waals surface area (Å²) in [4.78, 5) is 13.2. The lowest BCUT2D eigenvalue weighted by molar-refractivity contribution is -0.0167. The minimum atomic E-state index is 0.0657. The number of nitrogens with one attached hydrogen (secondary N) is 1. The minimum Gasteiger partial charge on any atom is -0.496 e. The van der Waals surface area contributed by atoms with Gasteiger partial charge < -0.3 is 10.1 Å². The maximum Gasteiger partial charge on any atom is 0.251 e.